The largest absolute Gasteiger partial charge is 0.228 e. The molecular formula is C62H43N5. The molecule has 0 N–H and O–H groups in total. The average molecular weight is 858 g/mol. The van der Waals surface area contributed by atoms with Gasteiger partial charge < -0.3 is 0 Å². The highest BCUT2D eigenvalue weighted by atomic mass is 15.0. The monoisotopic (exact) mass is 857 g/mol. The summed E-state index contributed by atoms with van der Waals surface area (Å²) in [5.74, 6) is 1.88. The van der Waals surface area contributed by atoms with Gasteiger partial charge in [0.25, 0.3) is 0 Å². The Morgan fingerprint density at radius 3 is 1.33 bits per heavy atom. The summed E-state index contributed by atoms with van der Waals surface area (Å²) in [5.41, 5.74) is 15.0. The first-order valence-corrected chi connectivity index (χ1v) is 22.8. The zero-order chi connectivity index (χ0) is 44.6. The number of allylic oxidation sites excluding steroid dienone is 4. The maximum atomic E-state index is 5.46. The van der Waals surface area contributed by atoms with E-state index in [1.54, 1.807) is 6.33 Å². The second-order valence-corrected chi connectivity index (χ2v) is 17.2. The van der Waals surface area contributed by atoms with Gasteiger partial charge in [-0.3, -0.25) is 0 Å². The van der Waals surface area contributed by atoms with Crippen molar-refractivity contribution in [3.05, 3.63) is 271 Å². The summed E-state index contributed by atoms with van der Waals surface area (Å²) in [5, 5.41) is 0. The van der Waals surface area contributed by atoms with E-state index < -0.39 is 5.41 Å². The third-order valence-corrected chi connectivity index (χ3v) is 13.4. The summed E-state index contributed by atoms with van der Waals surface area (Å²) in [6.07, 6.45) is 10.8. The number of fused-ring (bicyclic) bond motifs is 3. The number of benzene rings is 8. The van der Waals surface area contributed by atoms with Gasteiger partial charge in [-0.05, 0) is 80.9 Å². The fourth-order valence-corrected chi connectivity index (χ4v) is 10.4. The third kappa shape index (κ3) is 7.18. The van der Waals surface area contributed by atoms with Gasteiger partial charge in [0.2, 0.25) is 0 Å². The first-order chi connectivity index (χ1) is 33.2. The van der Waals surface area contributed by atoms with E-state index in [0.29, 0.717) is 17.5 Å². The van der Waals surface area contributed by atoms with Crippen LogP contribution in [0, 0.1) is 5.92 Å². The molecule has 2 atom stereocenters. The highest BCUT2D eigenvalue weighted by molar-refractivity contribution is 5.85. The molecule has 0 fully saturated rings. The molecule has 67 heavy (non-hydrogen) atoms. The number of rotatable bonds is 9. The summed E-state index contributed by atoms with van der Waals surface area (Å²) in [6, 6.07) is 77.0. The van der Waals surface area contributed by atoms with Crippen LogP contribution in [0.25, 0.3) is 78.9 Å². The molecule has 10 aromatic rings. The van der Waals surface area contributed by atoms with Crippen LogP contribution in [0.4, 0.5) is 0 Å². The van der Waals surface area contributed by atoms with Gasteiger partial charge in [0, 0.05) is 39.7 Å². The lowest BCUT2D eigenvalue weighted by Crippen LogP contribution is -2.35. The summed E-state index contributed by atoms with van der Waals surface area (Å²) < 4.78 is 0. The maximum absolute atomic E-state index is 5.46. The minimum atomic E-state index is -0.535. The van der Waals surface area contributed by atoms with Crippen LogP contribution in [0.1, 0.15) is 28.2 Å². The van der Waals surface area contributed by atoms with Crippen molar-refractivity contribution < 1.29 is 0 Å². The van der Waals surface area contributed by atoms with Crippen molar-refractivity contribution in [1.82, 2.24) is 24.9 Å². The molecule has 316 valence electrons. The SMILES string of the molecule is C1=CC2c3cc(-c4ncnc(-c5cc(-c6ccccc6)cc(-c6ccccc6)c5)n4)c(-c4nc(-c5ccccc5)cc(-c5ccccc5)n4)cc3C(c3ccccc3)(c3ccccc3)C2C=C1. The maximum Gasteiger partial charge on any atom is 0.164 e. The molecule has 2 aromatic heterocycles. The second kappa shape index (κ2) is 17.0. The zero-order valence-corrected chi connectivity index (χ0v) is 36.6. The Kier molecular flexibility index (Phi) is 10.1. The van der Waals surface area contributed by atoms with E-state index in [1.165, 1.54) is 22.3 Å². The molecule has 2 heterocycles. The summed E-state index contributed by atoms with van der Waals surface area (Å²) >= 11 is 0. The van der Waals surface area contributed by atoms with Crippen LogP contribution < -0.4 is 0 Å². The van der Waals surface area contributed by atoms with E-state index in [4.69, 9.17) is 24.9 Å². The Balaban J connectivity index is 1.14. The predicted octanol–water partition coefficient (Wildman–Crippen LogP) is 14.5. The zero-order valence-electron chi connectivity index (χ0n) is 36.6. The first-order valence-electron chi connectivity index (χ1n) is 22.8. The van der Waals surface area contributed by atoms with Crippen LogP contribution in [0.3, 0.4) is 0 Å². The molecule has 5 nitrogen and oxygen atoms in total. The lowest BCUT2D eigenvalue weighted by molar-refractivity contribution is 0.457. The Labute approximate surface area is 390 Å². The van der Waals surface area contributed by atoms with Crippen LogP contribution in [0.2, 0.25) is 0 Å². The standard InChI is InChI=1S/C62H43N5/c1-7-21-42(22-8-1)46-35-47(43-23-9-2-10-24-43)37-48(36-46)59-63-41-64-60(67-59)53-38-52-51-33-19-20-34-55(51)62(49-29-15-5-16-30-49,50-31-17-6-18-32-50)56(52)39-54(53)61-65-57(44-25-11-3-12-26-44)40-58(66-61)45-27-13-4-14-28-45/h1-41,51,55H. The highest BCUT2D eigenvalue weighted by Crippen LogP contribution is 2.60. The molecule has 0 aliphatic heterocycles. The van der Waals surface area contributed by atoms with Crippen LogP contribution in [-0.4, -0.2) is 24.9 Å². The minimum absolute atomic E-state index is 0.0713. The van der Waals surface area contributed by atoms with Crippen LogP contribution in [-0.2, 0) is 5.41 Å². The smallest absolute Gasteiger partial charge is 0.164 e. The fraction of sp³-hybridized carbons (Fsp3) is 0.0484. The molecule has 0 radical (unpaired) electrons. The van der Waals surface area contributed by atoms with Crippen molar-refractivity contribution >= 4 is 0 Å². The second-order valence-electron chi connectivity index (χ2n) is 17.2. The first kappa shape index (κ1) is 39.9. The van der Waals surface area contributed by atoms with Gasteiger partial charge in [0.15, 0.2) is 17.5 Å². The summed E-state index contributed by atoms with van der Waals surface area (Å²) in [7, 11) is 0. The Morgan fingerprint density at radius 1 is 0.343 bits per heavy atom. The predicted molar refractivity (Wildman–Crippen MR) is 271 cm³/mol. The van der Waals surface area contributed by atoms with E-state index in [0.717, 1.165) is 61.5 Å². The van der Waals surface area contributed by atoms with Gasteiger partial charge in [-0.15, -0.1) is 0 Å². The van der Waals surface area contributed by atoms with Gasteiger partial charge in [0.05, 0.1) is 16.8 Å². The fourth-order valence-electron chi connectivity index (χ4n) is 10.4. The van der Waals surface area contributed by atoms with Crippen molar-refractivity contribution in [2.45, 2.75) is 11.3 Å². The van der Waals surface area contributed by atoms with Crippen molar-refractivity contribution in [2.24, 2.45) is 5.92 Å². The van der Waals surface area contributed by atoms with Crippen LogP contribution >= 0.6 is 0 Å². The van der Waals surface area contributed by atoms with Crippen molar-refractivity contribution in [1.29, 1.82) is 0 Å². The van der Waals surface area contributed by atoms with Gasteiger partial charge in [-0.25, -0.2) is 24.9 Å². The van der Waals surface area contributed by atoms with E-state index in [2.05, 4.69) is 218 Å². The molecule has 2 aliphatic carbocycles. The van der Waals surface area contributed by atoms with Gasteiger partial charge in [0.1, 0.15) is 6.33 Å². The van der Waals surface area contributed by atoms with Crippen molar-refractivity contribution in [3.63, 3.8) is 0 Å². The minimum Gasteiger partial charge on any atom is -0.228 e. The van der Waals surface area contributed by atoms with Crippen LogP contribution in [0.15, 0.2) is 249 Å². The molecule has 0 amide bonds. The average Bonchev–Trinajstić information content (AvgIpc) is 3.72. The molecule has 0 spiro atoms. The number of hydrogen-bond acceptors (Lipinski definition) is 5. The van der Waals surface area contributed by atoms with Gasteiger partial charge in [-0.2, -0.15) is 0 Å². The Hall–Kier alpha value is -8.67. The molecule has 0 saturated heterocycles. The lowest BCUT2D eigenvalue weighted by atomic mass is 9.63. The molecule has 2 aliphatic rings. The highest BCUT2D eigenvalue weighted by Gasteiger charge is 2.53. The summed E-state index contributed by atoms with van der Waals surface area (Å²) in [4.78, 5) is 26.2. The van der Waals surface area contributed by atoms with Crippen molar-refractivity contribution in [2.75, 3.05) is 0 Å². The van der Waals surface area contributed by atoms with Gasteiger partial charge in [-0.1, -0.05) is 206 Å². The number of hydrogen-bond donors (Lipinski definition) is 0. The Morgan fingerprint density at radius 2 is 0.791 bits per heavy atom. The molecule has 2 unspecified atom stereocenters. The molecule has 8 aromatic carbocycles. The van der Waals surface area contributed by atoms with E-state index >= 15 is 0 Å². The molecular weight excluding hydrogens is 815 g/mol. The third-order valence-electron chi connectivity index (χ3n) is 13.4. The van der Waals surface area contributed by atoms with E-state index in [-0.39, 0.29) is 11.8 Å². The molecule has 12 rings (SSSR count). The Bertz CT molecular complexity index is 3290. The van der Waals surface area contributed by atoms with Gasteiger partial charge >= 0.3 is 0 Å². The topological polar surface area (TPSA) is 64.5 Å². The number of nitrogens with zero attached hydrogens (tertiary/aromatic N) is 5. The normalized spacial score (nSPS) is 15.5. The molecule has 0 saturated carbocycles. The van der Waals surface area contributed by atoms with Crippen molar-refractivity contribution in [3.8, 4) is 78.9 Å². The van der Waals surface area contributed by atoms with E-state index in [9.17, 15) is 0 Å². The summed E-state index contributed by atoms with van der Waals surface area (Å²) in [6.45, 7) is 0. The lowest BCUT2D eigenvalue weighted by Gasteiger charge is -2.39. The molecule has 5 heteroatoms. The van der Waals surface area contributed by atoms with Crippen LogP contribution in [0.5, 0.6) is 0 Å². The number of aromatic nitrogens is 5. The quantitative estimate of drug-likeness (QED) is 0.145. The molecule has 0 bridgehead atoms. The van der Waals surface area contributed by atoms with E-state index in [1.807, 2.05) is 24.3 Å².